The van der Waals surface area contributed by atoms with Gasteiger partial charge >= 0.3 is 6.03 Å². The summed E-state index contributed by atoms with van der Waals surface area (Å²) in [4.78, 5) is 12.0. The Bertz CT molecular complexity index is 1050. The second kappa shape index (κ2) is 7.18. The summed E-state index contributed by atoms with van der Waals surface area (Å²) in [7, 11) is -7.04. The third kappa shape index (κ3) is 4.56. The van der Waals surface area contributed by atoms with E-state index in [0.29, 0.717) is 30.0 Å². The van der Waals surface area contributed by atoms with Crippen LogP contribution in [0.4, 0.5) is 21.9 Å². The molecule has 144 valence electrons. The summed E-state index contributed by atoms with van der Waals surface area (Å²) in [5, 5.41) is 10.2. The highest BCUT2D eigenvalue weighted by Gasteiger charge is 2.28. The molecule has 0 aliphatic carbocycles. The number of amides is 2. The first-order valence-corrected chi connectivity index (χ1v) is 11.1. The van der Waals surface area contributed by atoms with Crippen LogP contribution >= 0.6 is 0 Å². The molecule has 4 N–H and O–H groups in total. The Morgan fingerprint density at radius 2 is 1.48 bits per heavy atom. The number of urea groups is 1. The van der Waals surface area contributed by atoms with Gasteiger partial charge in [-0.05, 0) is 55.0 Å². The topological polar surface area (TPSA) is 139 Å². The van der Waals surface area contributed by atoms with Gasteiger partial charge in [-0.2, -0.15) is 0 Å². The van der Waals surface area contributed by atoms with Crippen molar-refractivity contribution in [3.8, 4) is 0 Å². The van der Waals surface area contributed by atoms with Gasteiger partial charge in [0.2, 0.25) is 20.0 Å². The largest absolute Gasteiger partial charge is 0.323 e. The predicted molar refractivity (Wildman–Crippen MR) is 103 cm³/mol. The van der Waals surface area contributed by atoms with E-state index < -0.39 is 26.1 Å². The normalized spacial score (nSPS) is 16.1. The van der Waals surface area contributed by atoms with E-state index in [1.54, 1.807) is 24.3 Å². The fraction of sp³-hybridized carbons (Fsp3) is 0.188. The van der Waals surface area contributed by atoms with Gasteiger partial charge in [0.1, 0.15) is 0 Å². The van der Waals surface area contributed by atoms with E-state index in [1.165, 1.54) is 28.6 Å². The second-order valence-corrected chi connectivity index (χ2v) is 9.51. The molecule has 0 aromatic heterocycles. The number of hydrogen-bond donors (Lipinski definition) is 3. The molecule has 2 aromatic carbocycles. The van der Waals surface area contributed by atoms with Crippen LogP contribution in [0.25, 0.3) is 0 Å². The number of rotatable bonds is 4. The molecule has 0 radical (unpaired) electrons. The maximum atomic E-state index is 12.0. The lowest BCUT2D eigenvalue weighted by atomic mass is 10.2. The second-order valence-electron chi connectivity index (χ2n) is 5.94. The summed E-state index contributed by atoms with van der Waals surface area (Å²) >= 11 is 0. The van der Waals surface area contributed by atoms with E-state index in [2.05, 4.69) is 10.6 Å². The molecule has 0 saturated carbocycles. The van der Waals surface area contributed by atoms with E-state index >= 15 is 0 Å². The van der Waals surface area contributed by atoms with Crippen molar-refractivity contribution in [2.24, 2.45) is 5.14 Å². The Kier molecular flexibility index (Phi) is 5.09. The maximum Gasteiger partial charge on any atom is 0.323 e. The van der Waals surface area contributed by atoms with E-state index in [4.69, 9.17) is 5.14 Å². The molecule has 0 unspecified atom stereocenters. The molecule has 1 aliphatic rings. The monoisotopic (exact) mass is 410 g/mol. The lowest BCUT2D eigenvalue weighted by molar-refractivity contribution is 0.262. The Labute approximate surface area is 157 Å². The SMILES string of the molecule is NS(=O)(=O)c1ccc(NC(=O)Nc2ccc(N3CCCS3(=O)=O)cc2)cc1. The standard InChI is InChI=1S/C16H18N4O5S2/c17-27(24,25)15-8-4-13(5-9-15)19-16(21)18-12-2-6-14(7-3-12)20-10-1-11-26(20,22)23/h2-9H,1,10-11H2,(H2,17,24,25)(H2,18,19,21). The molecule has 1 aliphatic heterocycles. The third-order valence-corrected chi connectivity index (χ3v) is 6.75. The molecule has 1 fully saturated rings. The molecule has 2 amide bonds. The van der Waals surface area contributed by atoms with Crippen LogP contribution in [0.1, 0.15) is 6.42 Å². The Hall–Kier alpha value is -2.63. The van der Waals surface area contributed by atoms with Crippen LogP contribution in [0.3, 0.4) is 0 Å². The molecule has 0 spiro atoms. The summed E-state index contributed by atoms with van der Waals surface area (Å²) in [5.41, 5.74) is 1.42. The summed E-state index contributed by atoms with van der Waals surface area (Å²) in [6.07, 6.45) is 0.592. The molecule has 9 nitrogen and oxygen atoms in total. The van der Waals surface area contributed by atoms with Crippen molar-refractivity contribution in [3.63, 3.8) is 0 Å². The average Bonchev–Trinajstić information content (AvgIpc) is 2.94. The smallest absolute Gasteiger partial charge is 0.308 e. The zero-order chi connectivity index (χ0) is 19.7. The van der Waals surface area contributed by atoms with Crippen molar-refractivity contribution >= 4 is 43.1 Å². The maximum absolute atomic E-state index is 12.0. The lowest BCUT2D eigenvalue weighted by Crippen LogP contribution is -2.25. The van der Waals surface area contributed by atoms with Crippen molar-refractivity contribution in [3.05, 3.63) is 48.5 Å². The highest BCUT2D eigenvalue weighted by atomic mass is 32.2. The molecule has 1 heterocycles. The summed E-state index contributed by atoms with van der Waals surface area (Å²) in [6.45, 7) is 0.449. The summed E-state index contributed by atoms with van der Waals surface area (Å²) in [5.74, 6) is 0.139. The van der Waals surface area contributed by atoms with Gasteiger partial charge in [0.25, 0.3) is 0 Å². The van der Waals surface area contributed by atoms with E-state index in [1.807, 2.05) is 0 Å². The van der Waals surface area contributed by atoms with Crippen molar-refractivity contribution in [1.82, 2.24) is 0 Å². The minimum absolute atomic E-state index is 0.0547. The number of carbonyl (C=O) groups excluding carboxylic acids is 1. The highest BCUT2D eigenvalue weighted by Crippen LogP contribution is 2.25. The lowest BCUT2D eigenvalue weighted by Gasteiger charge is -2.17. The molecule has 0 bridgehead atoms. The van der Waals surface area contributed by atoms with E-state index in [9.17, 15) is 21.6 Å². The van der Waals surface area contributed by atoms with Crippen molar-refractivity contribution in [1.29, 1.82) is 0 Å². The molecule has 2 aromatic rings. The molecule has 3 rings (SSSR count). The average molecular weight is 410 g/mol. The van der Waals surface area contributed by atoms with Gasteiger partial charge in [-0.1, -0.05) is 0 Å². The molecule has 27 heavy (non-hydrogen) atoms. The van der Waals surface area contributed by atoms with Gasteiger partial charge in [-0.15, -0.1) is 0 Å². The molecule has 11 heteroatoms. The van der Waals surface area contributed by atoms with Crippen LogP contribution in [0.5, 0.6) is 0 Å². The molecule has 0 atom stereocenters. The minimum Gasteiger partial charge on any atom is -0.308 e. The zero-order valence-electron chi connectivity index (χ0n) is 14.1. The fourth-order valence-corrected chi connectivity index (χ4v) is 4.74. The molecular weight excluding hydrogens is 392 g/mol. The highest BCUT2D eigenvalue weighted by molar-refractivity contribution is 7.93. The van der Waals surface area contributed by atoms with Gasteiger partial charge in [0.05, 0.1) is 16.3 Å². The number of benzene rings is 2. The summed E-state index contributed by atoms with van der Waals surface area (Å²) in [6, 6.07) is 11.3. The number of sulfonamides is 2. The summed E-state index contributed by atoms with van der Waals surface area (Å²) < 4.78 is 47.6. The number of nitrogens with two attached hydrogens (primary N) is 1. The first-order chi connectivity index (χ1) is 12.6. The zero-order valence-corrected chi connectivity index (χ0v) is 15.8. The fourth-order valence-electron chi connectivity index (χ4n) is 2.66. The van der Waals surface area contributed by atoms with Gasteiger partial charge < -0.3 is 10.6 Å². The van der Waals surface area contributed by atoms with Gasteiger partial charge in [0, 0.05) is 17.9 Å². The Morgan fingerprint density at radius 1 is 0.963 bits per heavy atom. The van der Waals surface area contributed by atoms with E-state index in [-0.39, 0.29) is 10.6 Å². The number of primary sulfonamides is 1. The number of nitrogens with one attached hydrogen (secondary N) is 2. The first kappa shape index (κ1) is 19.1. The predicted octanol–water partition coefficient (Wildman–Crippen LogP) is 1.52. The van der Waals surface area contributed by atoms with Crippen LogP contribution in [0.15, 0.2) is 53.4 Å². The van der Waals surface area contributed by atoms with Crippen LogP contribution in [0, 0.1) is 0 Å². The molecule has 1 saturated heterocycles. The third-order valence-electron chi connectivity index (χ3n) is 3.95. The minimum atomic E-state index is -3.79. The van der Waals surface area contributed by atoms with Crippen LogP contribution in [0.2, 0.25) is 0 Å². The molecular formula is C16H18N4O5S2. The van der Waals surface area contributed by atoms with Crippen molar-refractivity contribution in [2.45, 2.75) is 11.3 Å². The van der Waals surface area contributed by atoms with Gasteiger partial charge in [0.15, 0.2) is 0 Å². The Morgan fingerprint density at radius 3 is 1.93 bits per heavy atom. The first-order valence-electron chi connectivity index (χ1n) is 7.96. The van der Waals surface area contributed by atoms with Crippen LogP contribution in [-0.4, -0.2) is 35.2 Å². The number of hydrogen-bond acceptors (Lipinski definition) is 5. The number of carbonyl (C=O) groups is 1. The van der Waals surface area contributed by atoms with Gasteiger partial charge in [-0.3, -0.25) is 4.31 Å². The van der Waals surface area contributed by atoms with Gasteiger partial charge in [-0.25, -0.2) is 26.8 Å². The van der Waals surface area contributed by atoms with E-state index in [0.717, 1.165) is 0 Å². The van der Waals surface area contributed by atoms with Crippen molar-refractivity contribution in [2.75, 3.05) is 27.2 Å². The van der Waals surface area contributed by atoms with Crippen LogP contribution < -0.4 is 20.1 Å². The number of anilines is 3. The Balaban J connectivity index is 1.63. The number of nitrogens with zero attached hydrogens (tertiary/aromatic N) is 1. The van der Waals surface area contributed by atoms with Crippen LogP contribution in [-0.2, 0) is 20.0 Å². The quantitative estimate of drug-likeness (QED) is 0.701. The van der Waals surface area contributed by atoms with Crippen molar-refractivity contribution < 1.29 is 21.6 Å².